The highest BCUT2D eigenvalue weighted by Crippen LogP contribution is 2.34. The summed E-state index contributed by atoms with van der Waals surface area (Å²) in [6, 6.07) is 22.0. The quantitative estimate of drug-likeness (QED) is 0.263. The standard InChI is InChI=1S/C29H32ClN5O/c30-25-13-11-22(15-24(25)21-10-12-23-27(16-21)34-35-28(23)32)26(14-18-4-2-1-3-5-18)33-29(36)20-8-6-19(17-31)7-9-20/h1-5,10-13,15-16,19-20,26H,6-9,14,17,31H2,(H,33,36)(H3,32,34,35)/t19?,20?,26-/m0/s1. The number of aromatic amines is 1. The molecule has 7 heteroatoms. The Kier molecular flexibility index (Phi) is 7.25. The highest BCUT2D eigenvalue weighted by atomic mass is 35.5. The van der Waals surface area contributed by atoms with E-state index < -0.39 is 0 Å². The number of nitrogen functional groups attached to an aromatic ring is 1. The minimum Gasteiger partial charge on any atom is -0.382 e. The lowest BCUT2D eigenvalue weighted by Gasteiger charge is -2.29. The van der Waals surface area contributed by atoms with Gasteiger partial charge in [0.2, 0.25) is 5.91 Å². The molecule has 36 heavy (non-hydrogen) atoms. The highest BCUT2D eigenvalue weighted by molar-refractivity contribution is 6.33. The Morgan fingerprint density at radius 1 is 1.06 bits per heavy atom. The van der Waals surface area contributed by atoms with Crippen molar-refractivity contribution in [3.8, 4) is 11.1 Å². The van der Waals surface area contributed by atoms with Crippen LogP contribution in [0, 0.1) is 11.8 Å². The number of carbonyl (C=O) groups is 1. The zero-order valence-corrected chi connectivity index (χ0v) is 21.0. The van der Waals surface area contributed by atoms with Crippen LogP contribution in [0.3, 0.4) is 0 Å². The Morgan fingerprint density at radius 3 is 2.58 bits per heavy atom. The molecule has 3 aromatic carbocycles. The molecule has 1 aliphatic carbocycles. The van der Waals surface area contributed by atoms with Gasteiger partial charge in [-0.1, -0.05) is 54.1 Å². The fraction of sp³-hybridized carbons (Fsp3) is 0.310. The first-order chi connectivity index (χ1) is 17.5. The maximum atomic E-state index is 13.3. The Morgan fingerprint density at radius 2 is 1.83 bits per heavy atom. The van der Waals surface area contributed by atoms with Gasteiger partial charge in [0.15, 0.2) is 5.82 Å². The Bertz CT molecular complexity index is 1340. The lowest BCUT2D eigenvalue weighted by Crippen LogP contribution is -2.37. The summed E-state index contributed by atoms with van der Waals surface area (Å²) in [7, 11) is 0. The number of aromatic nitrogens is 2. The van der Waals surface area contributed by atoms with Crippen molar-refractivity contribution in [3.05, 3.63) is 82.9 Å². The summed E-state index contributed by atoms with van der Waals surface area (Å²) in [6.07, 6.45) is 4.52. The summed E-state index contributed by atoms with van der Waals surface area (Å²) in [5.41, 5.74) is 16.7. The molecule has 0 aliphatic heterocycles. The molecule has 6 N–H and O–H groups in total. The molecule has 0 spiro atoms. The zero-order valence-electron chi connectivity index (χ0n) is 20.2. The van der Waals surface area contributed by atoms with E-state index >= 15 is 0 Å². The van der Waals surface area contributed by atoms with E-state index in [4.69, 9.17) is 23.1 Å². The monoisotopic (exact) mass is 501 g/mol. The molecule has 0 saturated heterocycles. The van der Waals surface area contributed by atoms with Crippen molar-refractivity contribution in [3.63, 3.8) is 0 Å². The third-order valence-electron chi connectivity index (χ3n) is 7.45. The number of nitrogens with zero attached hydrogens (tertiary/aromatic N) is 1. The molecule has 4 aromatic rings. The Labute approximate surface area is 216 Å². The van der Waals surface area contributed by atoms with Gasteiger partial charge in [-0.25, -0.2) is 0 Å². The largest absolute Gasteiger partial charge is 0.382 e. The summed E-state index contributed by atoms with van der Waals surface area (Å²) in [5.74, 6) is 1.17. The smallest absolute Gasteiger partial charge is 0.223 e. The minimum absolute atomic E-state index is 0.0334. The predicted molar refractivity (Wildman–Crippen MR) is 146 cm³/mol. The van der Waals surface area contributed by atoms with Crippen molar-refractivity contribution >= 4 is 34.2 Å². The number of H-pyrrole nitrogens is 1. The molecule has 1 amide bonds. The van der Waals surface area contributed by atoms with Crippen LogP contribution >= 0.6 is 11.6 Å². The van der Waals surface area contributed by atoms with Crippen molar-refractivity contribution in [2.45, 2.75) is 38.1 Å². The van der Waals surface area contributed by atoms with Crippen LogP contribution in [0.4, 0.5) is 5.82 Å². The lowest BCUT2D eigenvalue weighted by atomic mass is 9.81. The number of hydrogen-bond acceptors (Lipinski definition) is 4. The van der Waals surface area contributed by atoms with E-state index in [1.165, 1.54) is 5.56 Å². The average Bonchev–Trinajstić information content (AvgIpc) is 3.29. The van der Waals surface area contributed by atoms with E-state index in [2.05, 4.69) is 33.7 Å². The summed E-state index contributed by atoms with van der Waals surface area (Å²) in [4.78, 5) is 13.3. The van der Waals surface area contributed by atoms with Gasteiger partial charge in [0, 0.05) is 21.9 Å². The van der Waals surface area contributed by atoms with Crippen molar-refractivity contribution in [2.24, 2.45) is 17.6 Å². The van der Waals surface area contributed by atoms with E-state index in [1.54, 1.807) is 0 Å². The van der Waals surface area contributed by atoms with Crippen molar-refractivity contribution in [1.29, 1.82) is 0 Å². The zero-order chi connectivity index (χ0) is 25.1. The van der Waals surface area contributed by atoms with Crippen molar-refractivity contribution in [2.75, 3.05) is 12.3 Å². The summed E-state index contributed by atoms with van der Waals surface area (Å²) >= 11 is 6.66. The van der Waals surface area contributed by atoms with Crippen molar-refractivity contribution < 1.29 is 4.79 Å². The molecule has 1 atom stereocenters. The van der Waals surface area contributed by atoms with E-state index in [0.717, 1.165) is 53.3 Å². The normalized spacial score (nSPS) is 18.7. The number of hydrogen-bond donors (Lipinski definition) is 4. The number of halogens is 1. The number of amides is 1. The third-order valence-corrected chi connectivity index (χ3v) is 7.78. The van der Waals surface area contributed by atoms with Crippen LogP contribution in [-0.2, 0) is 11.2 Å². The summed E-state index contributed by atoms with van der Waals surface area (Å²) < 4.78 is 0. The molecule has 0 unspecified atom stereocenters. The fourth-order valence-electron chi connectivity index (χ4n) is 5.24. The van der Waals surface area contributed by atoms with Gasteiger partial charge in [0.05, 0.1) is 11.6 Å². The topological polar surface area (TPSA) is 110 Å². The van der Waals surface area contributed by atoms with Gasteiger partial charge in [0.25, 0.3) is 0 Å². The van der Waals surface area contributed by atoms with Crippen LogP contribution < -0.4 is 16.8 Å². The molecular formula is C29H32ClN5O. The minimum atomic E-state index is -0.172. The van der Waals surface area contributed by atoms with Gasteiger partial charge in [-0.05, 0) is 85.5 Å². The van der Waals surface area contributed by atoms with Crippen LogP contribution in [0.1, 0.15) is 42.9 Å². The molecule has 1 heterocycles. The average molecular weight is 502 g/mol. The number of nitrogens with two attached hydrogens (primary N) is 2. The predicted octanol–water partition coefficient (Wildman–Crippen LogP) is 5.63. The highest BCUT2D eigenvalue weighted by Gasteiger charge is 2.28. The van der Waals surface area contributed by atoms with Crippen LogP contribution in [0.5, 0.6) is 0 Å². The van der Waals surface area contributed by atoms with Gasteiger partial charge in [0.1, 0.15) is 0 Å². The number of carbonyl (C=O) groups excluding carboxylic acids is 1. The second-order valence-corrected chi connectivity index (χ2v) is 10.2. The lowest BCUT2D eigenvalue weighted by molar-refractivity contribution is -0.127. The van der Waals surface area contributed by atoms with Crippen LogP contribution in [0.2, 0.25) is 5.02 Å². The number of fused-ring (bicyclic) bond motifs is 1. The van der Waals surface area contributed by atoms with Gasteiger partial charge >= 0.3 is 0 Å². The molecule has 6 nitrogen and oxygen atoms in total. The first-order valence-corrected chi connectivity index (χ1v) is 13.0. The number of benzene rings is 3. The number of anilines is 1. The molecule has 0 radical (unpaired) electrons. The molecular weight excluding hydrogens is 470 g/mol. The molecule has 0 bridgehead atoms. The first kappa shape index (κ1) is 24.3. The van der Waals surface area contributed by atoms with Gasteiger partial charge in [-0.3, -0.25) is 9.89 Å². The molecule has 1 saturated carbocycles. The second kappa shape index (κ2) is 10.7. The molecule has 186 valence electrons. The van der Waals surface area contributed by atoms with Crippen molar-refractivity contribution in [1.82, 2.24) is 15.5 Å². The maximum Gasteiger partial charge on any atom is 0.223 e. The van der Waals surface area contributed by atoms with Crippen LogP contribution in [0.25, 0.3) is 22.0 Å². The fourth-order valence-corrected chi connectivity index (χ4v) is 5.47. The van der Waals surface area contributed by atoms with Gasteiger partial charge < -0.3 is 16.8 Å². The van der Waals surface area contributed by atoms with Crippen LogP contribution in [0.15, 0.2) is 66.7 Å². The van der Waals surface area contributed by atoms with E-state index in [-0.39, 0.29) is 17.9 Å². The SMILES string of the molecule is NCC1CCC(C(=O)N[C@@H](Cc2ccccc2)c2ccc(Cl)c(-c3ccc4c(N)n[nH]c4c3)c2)CC1. The van der Waals surface area contributed by atoms with E-state index in [9.17, 15) is 4.79 Å². The Balaban J connectivity index is 1.44. The van der Waals surface area contributed by atoms with E-state index in [1.807, 2.05) is 48.5 Å². The molecule has 1 aliphatic rings. The molecule has 1 aromatic heterocycles. The maximum absolute atomic E-state index is 13.3. The molecule has 5 rings (SSSR count). The molecule has 1 fully saturated rings. The summed E-state index contributed by atoms with van der Waals surface area (Å²) in [6.45, 7) is 0.704. The summed E-state index contributed by atoms with van der Waals surface area (Å²) in [5, 5.41) is 12.0. The number of rotatable bonds is 7. The Hall–Kier alpha value is -3.35. The first-order valence-electron chi connectivity index (χ1n) is 12.6. The number of nitrogens with one attached hydrogen (secondary N) is 2. The second-order valence-electron chi connectivity index (χ2n) is 9.81. The van der Waals surface area contributed by atoms with Crippen LogP contribution in [-0.4, -0.2) is 22.6 Å². The van der Waals surface area contributed by atoms with Gasteiger partial charge in [-0.15, -0.1) is 0 Å². The van der Waals surface area contributed by atoms with E-state index in [0.29, 0.717) is 29.7 Å². The van der Waals surface area contributed by atoms with Gasteiger partial charge in [-0.2, -0.15) is 5.10 Å². The third kappa shape index (κ3) is 5.25.